The predicted molar refractivity (Wildman–Crippen MR) is 126 cm³/mol. The van der Waals surface area contributed by atoms with Crippen molar-refractivity contribution < 1.29 is 14.4 Å². The number of rotatable bonds is 8. The lowest BCUT2D eigenvalue weighted by atomic mass is 9.85. The lowest BCUT2D eigenvalue weighted by molar-refractivity contribution is 0.0972. The molecule has 1 heterocycles. The van der Waals surface area contributed by atoms with Crippen LogP contribution in [-0.2, 0) is 7.05 Å². The highest BCUT2D eigenvalue weighted by atomic mass is 35.5. The summed E-state index contributed by atoms with van der Waals surface area (Å²) in [6, 6.07) is 14.8. The summed E-state index contributed by atoms with van der Waals surface area (Å²) in [4.78, 5) is 24.2. The Kier molecular flexibility index (Phi) is 6.75. The van der Waals surface area contributed by atoms with Crippen molar-refractivity contribution in [1.82, 2.24) is 4.57 Å². The van der Waals surface area contributed by atoms with Gasteiger partial charge in [-0.25, -0.2) is 4.39 Å². The number of pyridine rings is 1. The van der Waals surface area contributed by atoms with Crippen LogP contribution in [0.1, 0.15) is 58.6 Å². The normalized spacial score (nSPS) is 14.8. The first-order chi connectivity index (χ1) is 15.9. The maximum absolute atomic E-state index is 15.0. The Hall–Kier alpha value is -3.25. The van der Waals surface area contributed by atoms with Gasteiger partial charge in [-0.15, -0.1) is 0 Å². The van der Waals surface area contributed by atoms with Crippen molar-refractivity contribution >= 4 is 23.1 Å². The molecule has 170 valence electrons. The van der Waals surface area contributed by atoms with E-state index in [0.717, 1.165) is 18.4 Å². The lowest BCUT2D eigenvalue weighted by Crippen LogP contribution is -2.18. The predicted octanol–water partition coefficient (Wildman–Crippen LogP) is 5.56. The molecule has 3 aromatic rings. The van der Waals surface area contributed by atoms with E-state index in [9.17, 15) is 14.8 Å². The summed E-state index contributed by atoms with van der Waals surface area (Å²) >= 11 is 6.48. The molecule has 1 saturated carbocycles. The van der Waals surface area contributed by atoms with Gasteiger partial charge < -0.3 is 9.77 Å². The Morgan fingerprint density at radius 2 is 1.97 bits per heavy atom. The van der Waals surface area contributed by atoms with E-state index in [2.05, 4.69) is 5.16 Å². The number of aryl methyl sites for hydroxylation is 1. The van der Waals surface area contributed by atoms with Gasteiger partial charge >= 0.3 is 0 Å². The van der Waals surface area contributed by atoms with Crippen LogP contribution in [0, 0.1) is 11.7 Å². The van der Waals surface area contributed by atoms with E-state index in [4.69, 9.17) is 11.6 Å². The van der Waals surface area contributed by atoms with Crippen LogP contribution >= 0.6 is 11.6 Å². The van der Waals surface area contributed by atoms with Crippen molar-refractivity contribution in [2.75, 3.05) is 0 Å². The minimum Gasteiger partial charge on any atom is -0.411 e. The second kappa shape index (κ2) is 9.71. The van der Waals surface area contributed by atoms with Crippen molar-refractivity contribution in [1.29, 1.82) is 0 Å². The van der Waals surface area contributed by atoms with Gasteiger partial charge in [0.2, 0.25) is 5.56 Å². The van der Waals surface area contributed by atoms with E-state index in [0.29, 0.717) is 34.2 Å². The highest BCUT2D eigenvalue weighted by Gasteiger charge is 2.27. The summed E-state index contributed by atoms with van der Waals surface area (Å²) in [5.74, 6) is -0.819. The van der Waals surface area contributed by atoms with E-state index in [1.54, 1.807) is 37.5 Å². The average Bonchev–Trinajstić information content (AvgIpc) is 3.61. The molecular formula is C26H24ClFN2O3. The molecule has 1 aromatic heterocycles. The molecule has 0 saturated heterocycles. The monoisotopic (exact) mass is 466 g/mol. The number of carbonyl (C=O) groups is 1. The maximum atomic E-state index is 15.0. The zero-order valence-corrected chi connectivity index (χ0v) is 18.9. The largest absolute Gasteiger partial charge is 0.411 e. The van der Waals surface area contributed by atoms with Gasteiger partial charge in [0.15, 0.2) is 5.78 Å². The SMILES string of the molecule is Cn1cc(/C(CC(c2ccc(C(=O)CC3CC3)c(F)c2)c2ccccc2Cl)=N/O)ccc1=O. The van der Waals surface area contributed by atoms with Crippen molar-refractivity contribution in [2.45, 2.75) is 31.6 Å². The molecular weight excluding hydrogens is 443 g/mol. The Bertz CT molecular complexity index is 1280. The number of hydrogen-bond donors (Lipinski definition) is 1. The molecule has 1 unspecified atom stereocenters. The summed E-state index contributed by atoms with van der Waals surface area (Å²) in [5.41, 5.74) is 2.14. The number of Topliss-reactive ketones (excluding diaryl/α,β-unsaturated/α-hetero) is 1. The zero-order chi connectivity index (χ0) is 23.5. The van der Waals surface area contributed by atoms with Crippen LogP contribution in [0.25, 0.3) is 0 Å². The van der Waals surface area contributed by atoms with Gasteiger partial charge in [0, 0.05) is 48.7 Å². The summed E-state index contributed by atoms with van der Waals surface area (Å²) in [7, 11) is 1.61. The molecule has 33 heavy (non-hydrogen) atoms. The lowest BCUT2D eigenvalue weighted by Gasteiger charge is -2.21. The van der Waals surface area contributed by atoms with Gasteiger partial charge in [0.25, 0.3) is 0 Å². The molecule has 0 aliphatic heterocycles. The third-order valence-electron chi connectivity index (χ3n) is 6.08. The second-order valence-corrected chi connectivity index (χ2v) is 8.91. The highest BCUT2D eigenvalue weighted by Crippen LogP contribution is 2.36. The number of halogens is 2. The molecule has 0 radical (unpaired) electrons. The van der Waals surface area contributed by atoms with Gasteiger partial charge in [0.05, 0.1) is 11.3 Å². The Balaban J connectivity index is 1.71. The molecule has 7 heteroatoms. The molecule has 0 spiro atoms. The van der Waals surface area contributed by atoms with Crippen LogP contribution in [0.4, 0.5) is 4.39 Å². The topological polar surface area (TPSA) is 71.7 Å². The molecule has 1 fully saturated rings. The molecule has 5 nitrogen and oxygen atoms in total. The van der Waals surface area contributed by atoms with Crippen molar-refractivity contribution in [2.24, 2.45) is 18.1 Å². The first-order valence-corrected chi connectivity index (χ1v) is 11.2. The number of aromatic nitrogens is 1. The zero-order valence-electron chi connectivity index (χ0n) is 18.2. The van der Waals surface area contributed by atoms with Crippen molar-refractivity contribution in [3.8, 4) is 0 Å². The third-order valence-corrected chi connectivity index (χ3v) is 6.43. The molecule has 2 aromatic carbocycles. The summed E-state index contributed by atoms with van der Waals surface area (Å²) in [6.07, 6.45) is 4.20. The van der Waals surface area contributed by atoms with Gasteiger partial charge in [-0.3, -0.25) is 9.59 Å². The summed E-state index contributed by atoms with van der Waals surface area (Å²) in [5, 5.41) is 13.7. The fourth-order valence-electron chi connectivity index (χ4n) is 4.01. The van der Waals surface area contributed by atoms with E-state index in [-0.39, 0.29) is 23.3 Å². The maximum Gasteiger partial charge on any atom is 0.250 e. The number of oxime groups is 1. The van der Waals surface area contributed by atoms with Crippen LogP contribution in [0.15, 0.2) is 70.7 Å². The van der Waals surface area contributed by atoms with Crippen molar-refractivity contribution in [3.63, 3.8) is 0 Å². The average molecular weight is 467 g/mol. The smallest absolute Gasteiger partial charge is 0.250 e. The molecule has 0 amide bonds. The first-order valence-electron chi connectivity index (χ1n) is 10.8. The van der Waals surface area contributed by atoms with Gasteiger partial charge in [-0.2, -0.15) is 0 Å². The van der Waals surface area contributed by atoms with Gasteiger partial charge in [-0.1, -0.05) is 41.0 Å². The van der Waals surface area contributed by atoms with E-state index >= 15 is 4.39 Å². The van der Waals surface area contributed by atoms with Crippen LogP contribution in [0.2, 0.25) is 5.02 Å². The molecule has 1 N–H and O–H groups in total. The first kappa shape index (κ1) is 22.9. The standard InChI is InChI=1S/C26H24ClFN2O3/c1-30-15-18(9-11-26(30)32)24(29-33)14-21(19-4-2-3-5-22(19)27)17-8-10-20(23(28)13-17)25(31)12-16-6-7-16/h2-5,8-11,13,15-16,21,33H,6-7,12,14H2,1H3/b29-24+. The highest BCUT2D eigenvalue weighted by molar-refractivity contribution is 6.31. The minimum absolute atomic E-state index is 0.0951. The van der Waals surface area contributed by atoms with E-state index in [1.165, 1.54) is 22.8 Å². The molecule has 1 aliphatic rings. The van der Waals surface area contributed by atoms with E-state index < -0.39 is 11.7 Å². The molecule has 4 rings (SSSR count). The van der Waals surface area contributed by atoms with E-state index in [1.807, 2.05) is 12.1 Å². The van der Waals surface area contributed by atoms with Crippen LogP contribution in [0.5, 0.6) is 0 Å². The second-order valence-electron chi connectivity index (χ2n) is 8.50. The fourth-order valence-corrected chi connectivity index (χ4v) is 4.28. The Morgan fingerprint density at radius 3 is 2.61 bits per heavy atom. The Labute approximate surface area is 196 Å². The van der Waals surface area contributed by atoms with Crippen molar-refractivity contribution in [3.05, 3.63) is 104 Å². The number of ketones is 1. The summed E-state index contributed by atoms with van der Waals surface area (Å²) in [6.45, 7) is 0. The summed E-state index contributed by atoms with van der Waals surface area (Å²) < 4.78 is 16.4. The quantitative estimate of drug-likeness (QED) is 0.204. The number of nitrogens with zero attached hydrogens (tertiary/aromatic N) is 2. The molecule has 0 bridgehead atoms. The Morgan fingerprint density at radius 1 is 1.21 bits per heavy atom. The number of carbonyl (C=O) groups excluding carboxylic acids is 1. The van der Waals surface area contributed by atoms with Crippen LogP contribution in [-0.4, -0.2) is 21.3 Å². The van der Waals surface area contributed by atoms with Gasteiger partial charge in [0.1, 0.15) is 5.82 Å². The molecule has 1 aliphatic carbocycles. The van der Waals surface area contributed by atoms with Crippen LogP contribution < -0.4 is 5.56 Å². The fraction of sp³-hybridized carbons (Fsp3) is 0.269. The number of benzene rings is 2. The molecule has 1 atom stereocenters. The minimum atomic E-state index is -0.570. The van der Waals surface area contributed by atoms with Gasteiger partial charge in [-0.05, 0) is 54.2 Å². The number of hydrogen-bond acceptors (Lipinski definition) is 4. The third kappa shape index (κ3) is 5.22. The van der Waals surface area contributed by atoms with Crippen LogP contribution in [0.3, 0.4) is 0 Å².